The number of hydrogen-bond acceptors (Lipinski definition) is 1. The monoisotopic (exact) mass is 786 g/mol. The number of aliphatic hydroxyl groups is 1. The van der Waals surface area contributed by atoms with Gasteiger partial charge in [0.05, 0.1) is 0 Å². The van der Waals surface area contributed by atoms with Crippen molar-refractivity contribution in [2.75, 3.05) is 0 Å². The summed E-state index contributed by atoms with van der Waals surface area (Å²) in [5, 5.41) is 12.6. The fourth-order valence-electron chi connectivity index (χ4n) is 8.35. The van der Waals surface area contributed by atoms with Crippen molar-refractivity contribution in [3.63, 3.8) is 0 Å². The molecule has 0 saturated heterocycles. The van der Waals surface area contributed by atoms with Crippen LogP contribution in [0.1, 0.15) is 145 Å². The molecule has 0 heterocycles. The van der Waals surface area contributed by atoms with Gasteiger partial charge in [0.25, 0.3) is 0 Å². The topological polar surface area (TPSA) is 20.2 Å². The van der Waals surface area contributed by atoms with Crippen molar-refractivity contribution in [3.05, 3.63) is 35.9 Å². The van der Waals surface area contributed by atoms with E-state index < -0.39 is 36.8 Å². The van der Waals surface area contributed by atoms with Crippen LogP contribution in [0, 0.1) is 11.3 Å². The average molecular weight is 784 g/mol. The van der Waals surface area contributed by atoms with Crippen molar-refractivity contribution in [1.82, 2.24) is 0 Å². The summed E-state index contributed by atoms with van der Waals surface area (Å²) in [6.45, 7) is 21.7. The Labute approximate surface area is 267 Å². The summed E-state index contributed by atoms with van der Waals surface area (Å²) in [6, 6.07) is 11.4. The van der Waals surface area contributed by atoms with Crippen LogP contribution in [0.25, 0.3) is 0 Å². The molecule has 0 aliphatic rings. The van der Waals surface area contributed by atoms with Gasteiger partial charge in [-0.1, -0.05) is 0 Å². The molecule has 0 spiro atoms. The second-order valence-electron chi connectivity index (χ2n) is 15.0. The molecule has 0 fully saturated rings. The second kappa shape index (κ2) is 21.5. The van der Waals surface area contributed by atoms with Gasteiger partial charge in [-0.2, -0.15) is 0 Å². The second-order valence-corrected chi connectivity index (χ2v) is 47.4. The van der Waals surface area contributed by atoms with E-state index in [1.807, 2.05) is 0 Å². The minimum absolute atomic E-state index is 0.0759. The molecule has 1 N–H and O–H groups in total. The van der Waals surface area contributed by atoms with Gasteiger partial charge in [0.2, 0.25) is 0 Å². The molecule has 1 aromatic rings. The van der Waals surface area contributed by atoms with Crippen LogP contribution in [0.2, 0.25) is 28.6 Å². The summed E-state index contributed by atoms with van der Waals surface area (Å²) >= 11 is -5.53. The number of hydrogen-bond donors (Lipinski definition) is 1. The van der Waals surface area contributed by atoms with E-state index in [0.717, 1.165) is 8.37 Å². The van der Waals surface area contributed by atoms with Crippen molar-refractivity contribution >= 4 is 36.8 Å². The zero-order valence-electron chi connectivity index (χ0n) is 29.5. The van der Waals surface area contributed by atoms with Crippen LogP contribution in [0.15, 0.2) is 30.3 Å². The molecule has 0 radical (unpaired) electrons. The first-order valence-corrected chi connectivity index (χ1v) is 33.7. The minimum atomic E-state index is -2.77. The Kier molecular flexibility index (Phi) is 20.9. The molecule has 0 aromatic heterocycles. The van der Waals surface area contributed by atoms with Gasteiger partial charge in [-0.15, -0.1) is 0 Å². The van der Waals surface area contributed by atoms with E-state index in [9.17, 15) is 5.11 Å². The zero-order valence-corrected chi connectivity index (χ0v) is 35.2. The molecule has 0 amide bonds. The van der Waals surface area contributed by atoms with E-state index >= 15 is 0 Å². The Morgan fingerprint density at radius 2 is 0.878 bits per heavy atom. The molecule has 0 aliphatic heterocycles. The molecule has 41 heavy (non-hydrogen) atoms. The molecule has 2 atom stereocenters. The SMILES string of the molecule is CCC[CH2][Sn]([CH2]CCC)([CH2]CCC)[CH]([C@H](Cc1ccccc1)[C@@H](O)C(C)(C)C)[Sn]([CH2]CCC)([CH2]CCC)[CH2]CCC. The fraction of sp³-hybridized carbons (Fsp3) is 0.842. The van der Waals surface area contributed by atoms with Crippen molar-refractivity contribution < 1.29 is 5.11 Å². The molecule has 0 unspecified atom stereocenters. The Bertz CT molecular complexity index is 680. The van der Waals surface area contributed by atoms with Crippen molar-refractivity contribution in [2.24, 2.45) is 11.3 Å². The Balaban J connectivity index is 4.17. The quantitative estimate of drug-likeness (QED) is 0.104. The number of rotatable bonds is 24. The molecule has 0 saturated carbocycles. The molecule has 3 heteroatoms. The van der Waals surface area contributed by atoms with Crippen LogP contribution in [-0.2, 0) is 6.42 Å². The third-order valence-corrected chi connectivity index (χ3v) is 67.1. The molecular weight excluding hydrogens is 710 g/mol. The van der Waals surface area contributed by atoms with E-state index in [1.165, 1.54) is 82.6 Å². The summed E-state index contributed by atoms with van der Waals surface area (Å²) in [5.74, 6) is 0.458. The van der Waals surface area contributed by atoms with E-state index in [0.29, 0.717) is 5.92 Å². The van der Waals surface area contributed by atoms with E-state index in [1.54, 1.807) is 26.6 Å². The van der Waals surface area contributed by atoms with Gasteiger partial charge >= 0.3 is 270 Å². The Morgan fingerprint density at radius 3 is 1.15 bits per heavy atom. The first-order valence-electron chi connectivity index (χ1n) is 18.3. The standard InChI is InChI=1S/C14H20O.6C4H9.2Sn/c1-11(13(15)14(2,3)4)10-12-8-6-5-7-9-12;6*1-3-4-2;;/h1,5-9,11,13,15H,10H2,2-4H3;6*1,3-4H2,2H3;;/t11-,13-;;;;;;;;/m1......../s1. The maximum absolute atomic E-state index is 12.6. The average Bonchev–Trinajstić information content (AvgIpc) is 2.97. The first-order chi connectivity index (χ1) is 19.6. The van der Waals surface area contributed by atoms with Crippen LogP contribution >= 0.6 is 0 Å². The maximum atomic E-state index is 12.6. The van der Waals surface area contributed by atoms with E-state index in [2.05, 4.69) is 92.6 Å². The number of aliphatic hydroxyl groups excluding tert-OH is 1. The van der Waals surface area contributed by atoms with Gasteiger partial charge in [-0.25, -0.2) is 0 Å². The van der Waals surface area contributed by atoms with Crippen molar-refractivity contribution in [3.8, 4) is 0 Å². The van der Waals surface area contributed by atoms with Gasteiger partial charge < -0.3 is 0 Å². The molecule has 0 aliphatic carbocycles. The molecule has 1 aromatic carbocycles. The Morgan fingerprint density at radius 1 is 0.561 bits per heavy atom. The molecule has 1 nitrogen and oxygen atoms in total. The molecule has 1 rings (SSSR count). The van der Waals surface area contributed by atoms with E-state index in [4.69, 9.17) is 0 Å². The normalized spacial score (nSPS) is 14.5. The number of unbranched alkanes of at least 4 members (excludes halogenated alkanes) is 6. The third kappa shape index (κ3) is 13.0. The van der Waals surface area contributed by atoms with Crippen LogP contribution < -0.4 is 0 Å². The number of benzene rings is 1. The van der Waals surface area contributed by atoms with Crippen LogP contribution in [0.3, 0.4) is 0 Å². The van der Waals surface area contributed by atoms with Crippen LogP contribution in [0.5, 0.6) is 0 Å². The molecule has 240 valence electrons. The Hall–Kier alpha value is 0.777. The summed E-state index contributed by atoms with van der Waals surface area (Å²) in [4.78, 5) is 0. The predicted molar refractivity (Wildman–Crippen MR) is 193 cm³/mol. The van der Waals surface area contributed by atoms with Crippen molar-refractivity contribution in [2.45, 2.75) is 180 Å². The van der Waals surface area contributed by atoms with Gasteiger partial charge in [0.1, 0.15) is 0 Å². The van der Waals surface area contributed by atoms with Crippen LogP contribution in [-0.4, -0.2) is 48.0 Å². The van der Waals surface area contributed by atoms with Crippen LogP contribution in [0.4, 0.5) is 0 Å². The first kappa shape index (κ1) is 39.8. The van der Waals surface area contributed by atoms with Gasteiger partial charge in [0.15, 0.2) is 0 Å². The van der Waals surface area contributed by atoms with E-state index in [-0.39, 0.29) is 11.5 Å². The third-order valence-electron chi connectivity index (χ3n) is 10.5. The summed E-state index contributed by atoms with van der Waals surface area (Å²) in [6.07, 6.45) is 17.6. The zero-order chi connectivity index (χ0) is 30.8. The summed E-state index contributed by atoms with van der Waals surface area (Å²) in [7, 11) is 0. The molecule has 0 bridgehead atoms. The van der Waals surface area contributed by atoms with Gasteiger partial charge in [-0.05, 0) is 0 Å². The summed E-state index contributed by atoms with van der Waals surface area (Å²) < 4.78 is 10.6. The van der Waals surface area contributed by atoms with Gasteiger partial charge in [0, 0.05) is 0 Å². The molecular formula is C38H74OSn2. The predicted octanol–water partition coefficient (Wildman–Crippen LogP) is 12.9. The summed E-state index contributed by atoms with van der Waals surface area (Å²) in [5.41, 5.74) is 1.40. The fourth-order valence-corrected chi connectivity index (χ4v) is 88.1. The van der Waals surface area contributed by atoms with Crippen molar-refractivity contribution in [1.29, 1.82) is 0 Å². The van der Waals surface area contributed by atoms with Gasteiger partial charge in [-0.3, -0.25) is 0 Å².